The van der Waals surface area contributed by atoms with Gasteiger partial charge in [0.25, 0.3) is 0 Å². The van der Waals surface area contributed by atoms with E-state index in [1.165, 1.54) is 26.6 Å². The molecule has 2 rings (SSSR count). The van der Waals surface area contributed by atoms with E-state index in [-0.39, 0.29) is 5.82 Å². The van der Waals surface area contributed by atoms with Crippen molar-refractivity contribution >= 4 is 23.8 Å². The molecule has 0 saturated carbocycles. The third-order valence-corrected chi connectivity index (χ3v) is 2.92. The summed E-state index contributed by atoms with van der Waals surface area (Å²) in [5.41, 5.74) is 2.72. The van der Waals surface area contributed by atoms with Crippen molar-refractivity contribution in [3.05, 3.63) is 48.2 Å². The van der Waals surface area contributed by atoms with Crippen molar-refractivity contribution in [3.8, 4) is 11.5 Å². The molecule has 2 N–H and O–H groups in total. The first-order valence-electron chi connectivity index (χ1n) is 6.92. The minimum Gasteiger partial charge on any atom is -0.493 e. The van der Waals surface area contributed by atoms with Crippen molar-refractivity contribution in [1.82, 2.24) is 10.4 Å². The number of anilines is 1. The molecule has 8 nitrogen and oxygen atoms in total. The van der Waals surface area contributed by atoms with Crippen molar-refractivity contribution in [2.75, 3.05) is 19.5 Å². The number of hydrazone groups is 1. The van der Waals surface area contributed by atoms with Gasteiger partial charge in [0.05, 0.1) is 20.4 Å². The SMILES string of the molecule is COc1cccc(/C=N\NC(=O)C(=O)Nc2ccccn2)c1OC. The lowest BCUT2D eigenvalue weighted by Gasteiger charge is -2.09. The van der Waals surface area contributed by atoms with Gasteiger partial charge < -0.3 is 14.8 Å². The van der Waals surface area contributed by atoms with Crippen molar-refractivity contribution < 1.29 is 19.1 Å². The van der Waals surface area contributed by atoms with E-state index in [0.29, 0.717) is 17.1 Å². The first-order chi connectivity index (χ1) is 11.7. The molecule has 2 amide bonds. The number of methoxy groups -OCH3 is 2. The molecule has 0 aliphatic heterocycles. The lowest BCUT2D eigenvalue weighted by atomic mass is 10.2. The third kappa shape index (κ3) is 4.29. The Labute approximate surface area is 138 Å². The number of nitrogens with one attached hydrogen (secondary N) is 2. The molecular formula is C16H16N4O4. The van der Waals surface area contributed by atoms with Gasteiger partial charge in [-0.3, -0.25) is 9.59 Å². The van der Waals surface area contributed by atoms with E-state index in [4.69, 9.17) is 9.47 Å². The van der Waals surface area contributed by atoms with Gasteiger partial charge >= 0.3 is 11.8 Å². The van der Waals surface area contributed by atoms with E-state index in [1.54, 1.807) is 36.4 Å². The highest BCUT2D eigenvalue weighted by atomic mass is 16.5. The molecule has 0 fully saturated rings. The van der Waals surface area contributed by atoms with Gasteiger partial charge in [0, 0.05) is 11.8 Å². The Morgan fingerprint density at radius 3 is 2.58 bits per heavy atom. The fourth-order valence-electron chi connectivity index (χ4n) is 1.83. The summed E-state index contributed by atoms with van der Waals surface area (Å²) in [5, 5.41) is 6.10. The minimum absolute atomic E-state index is 0.274. The maximum atomic E-state index is 11.7. The van der Waals surface area contributed by atoms with Crippen LogP contribution in [0.15, 0.2) is 47.7 Å². The molecule has 1 aromatic carbocycles. The fraction of sp³-hybridized carbons (Fsp3) is 0.125. The second-order valence-electron chi connectivity index (χ2n) is 4.45. The van der Waals surface area contributed by atoms with Gasteiger partial charge in [-0.25, -0.2) is 10.4 Å². The molecule has 0 bridgehead atoms. The van der Waals surface area contributed by atoms with Gasteiger partial charge in [-0.15, -0.1) is 0 Å². The Kier molecular flexibility index (Phi) is 5.84. The molecule has 0 unspecified atom stereocenters. The summed E-state index contributed by atoms with van der Waals surface area (Å²) in [6, 6.07) is 10.2. The van der Waals surface area contributed by atoms with Crippen molar-refractivity contribution in [2.24, 2.45) is 5.10 Å². The van der Waals surface area contributed by atoms with E-state index < -0.39 is 11.8 Å². The Bertz CT molecular complexity index is 747. The monoisotopic (exact) mass is 328 g/mol. The lowest BCUT2D eigenvalue weighted by Crippen LogP contribution is -2.32. The zero-order chi connectivity index (χ0) is 17.4. The average Bonchev–Trinajstić information content (AvgIpc) is 2.62. The number of benzene rings is 1. The van der Waals surface area contributed by atoms with Crippen LogP contribution in [0.2, 0.25) is 0 Å². The number of rotatable bonds is 5. The first kappa shape index (κ1) is 16.9. The van der Waals surface area contributed by atoms with Gasteiger partial charge in [-0.05, 0) is 24.3 Å². The number of ether oxygens (including phenoxy) is 2. The van der Waals surface area contributed by atoms with E-state index in [9.17, 15) is 9.59 Å². The van der Waals surface area contributed by atoms with Crippen molar-refractivity contribution in [1.29, 1.82) is 0 Å². The number of carbonyl (C=O) groups excluding carboxylic acids is 2. The summed E-state index contributed by atoms with van der Waals surface area (Å²) in [6.07, 6.45) is 2.86. The number of aromatic nitrogens is 1. The predicted octanol–water partition coefficient (Wildman–Crippen LogP) is 1.19. The number of hydrogen-bond donors (Lipinski definition) is 2. The molecule has 0 aliphatic carbocycles. The average molecular weight is 328 g/mol. The van der Waals surface area contributed by atoms with Crippen molar-refractivity contribution in [2.45, 2.75) is 0 Å². The van der Waals surface area contributed by atoms with Crippen LogP contribution in [0.25, 0.3) is 0 Å². The number of carbonyl (C=O) groups is 2. The Morgan fingerprint density at radius 1 is 1.08 bits per heavy atom. The number of amides is 2. The summed E-state index contributed by atoms with van der Waals surface area (Å²) in [5.74, 6) is -0.519. The molecule has 0 radical (unpaired) electrons. The van der Waals surface area contributed by atoms with Crippen LogP contribution in [0.4, 0.5) is 5.82 Å². The highest BCUT2D eigenvalue weighted by molar-refractivity contribution is 6.39. The fourth-order valence-corrected chi connectivity index (χ4v) is 1.83. The van der Waals surface area contributed by atoms with E-state index >= 15 is 0 Å². The standard InChI is InChI=1S/C16H16N4O4/c1-23-12-7-5-6-11(14(12)24-2)10-18-20-16(22)15(21)19-13-8-3-4-9-17-13/h3-10H,1-2H3,(H,20,22)(H,17,19,21)/b18-10-. The van der Waals surface area contributed by atoms with Crippen LogP contribution >= 0.6 is 0 Å². The van der Waals surface area contributed by atoms with Gasteiger partial charge in [0.2, 0.25) is 0 Å². The van der Waals surface area contributed by atoms with Crippen molar-refractivity contribution in [3.63, 3.8) is 0 Å². The normalized spacial score (nSPS) is 10.2. The second kappa shape index (κ2) is 8.28. The molecule has 124 valence electrons. The summed E-state index contributed by atoms with van der Waals surface area (Å²) in [7, 11) is 3.01. The number of pyridine rings is 1. The largest absolute Gasteiger partial charge is 0.493 e. The molecular weight excluding hydrogens is 312 g/mol. The van der Waals surface area contributed by atoms with Crippen LogP contribution in [0, 0.1) is 0 Å². The molecule has 0 spiro atoms. The number of para-hydroxylation sites is 1. The zero-order valence-corrected chi connectivity index (χ0v) is 13.1. The Balaban J connectivity index is 1.98. The molecule has 24 heavy (non-hydrogen) atoms. The lowest BCUT2D eigenvalue weighted by molar-refractivity contribution is -0.136. The topological polar surface area (TPSA) is 102 Å². The minimum atomic E-state index is -0.918. The van der Waals surface area contributed by atoms with Gasteiger partial charge in [-0.2, -0.15) is 5.10 Å². The third-order valence-electron chi connectivity index (χ3n) is 2.92. The maximum Gasteiger partial charge on any atom is 0.329 e. The van der Waals surface area contributed by atoms with Crippen LogP contribution in [-0.2, 0) is 9.59 Å². The van der Waals surface area contributed by atoms with E-state index in [0.717, 1.165) is 0 Å². The van der Waals surface area contributed by atoms with Crippen LogP contribution < -0.4 is 20.2 Å². The maximum absolute atomic E-state index is 11.7. The molecule has 1 aromatic heterocycles. The highest BCUT2D eigenvalue weighted by Gasteiger charge is 2.13. The molecule has 0 atom stereocenters. The van der Waals surface area contributed by atoms with Crippen LogP contribution in [0.5, 0.6) is 11.5 Å². The second-order valence-corrected chi connectivity index (χ2v) is 4.45. The smallest absolute Gasteiger partial charge is 0.329 e. The van der Waals surface area contributed by atoms with Gasteiger partial charge in [-0.1, -0.05) is 12.1 Å². The molecule has 8 heteroatoms. The summed E-state index contributed by atoms with van der Waals surface area (Å²) in [6.45, 7) is 0. The molecule has 0 aliphatic rings. The zero-order valence-electron chi connectivity index (χ0n) is 13.1. The molecule has 2 aromatic rings. The van der Waals surface area contributed by atoms with Crippen LogP contribution in [0.1, 0.15) is 5.56 Å². The van der Waals surface area contributed by atoms with Gasteiger partial charge in [0.1, 0.15) is 5.82 Å². The quantitative estimate of drug-likeness (QED) is 0.488. The summed E-state index contributed by atoms with van der Waals surface area (Å²) in [4.78, 5) is 27.3. The predicted molar refractivity (Wildman–Crippen MR) is 88.1 cm³/mol. The number of nitrogens with zero attached hydrogens (tertiary/aromatic N) is 2. The highest BCUT2D eigenvalue weighted by Crippen LogP contribution is 2.29. The Hall–Kier alpha value is -3.42. The van der Waals surface area contributed by atoms with Gasteiger partial charge in [0.15, 0.2) is 11.5 Å². The van der Waals surface area contributed by atoms with Crippen LogP contribution in [-0.4, -0.2) is 37.2 Å². The van der Waals surface area contributed by atoms with E-state index in [1.807, 2.05) is 0 Å². The van der Waals surface area contributed by atoms with Crippen LogP contribution in [0.3, 0.4) is 0 Å². The molecule has 0 saturated heterocycles. The first-order valence-corrected chi connectivity index (χ1v) is 6.92. The Morgan fingerprint density at radius 2 is 1.92 bits per heavy atom. The molecule has 1 heterocycles. The summed E-state index contributed by atoms with van der Waals surface area (Å²) >= 11 is 0. The summed E-state index contributed by atoms with van der Waals surface area (Å²) < 4.78 is 10.4. The van der Waals surface area contributed by atoms with E-state index in [2.05, 4.69) is 20.8 Å². The number of hydrogen-bond acceptors (Lipinski definition) is 6.